The van der Waals surface area contributed by atoms with Gasteiger partial charge in [-0.1, -0.05) is 56.9 Å². The van der Waals surface area contributed by atoms with Crippen LogP contribution in [0.4, 0.5) is 0 Å². The van der Waals surface area contributed by atoms with Crippen molar-refractivity contribution in [2.75, 3.05) is 0 Å². The predicted octanol–water partition coefficient (Wildman–Crippen LogP) is 4.97. The van der Waals surface area contributed by atoms with E-state index < -0.39 is 0 Å². The molecule has 0 aliphatic heterocycles. The van der Waals surface area contributed by atoms with Crippen LogP contribution in [0, 0.1) is 17.3 Å². The third-order valence-corrected chi connectivity index (χ3v) is 3.54. The van der Waals surface area contributed by atoms with E-state index in [1.165, 1.54) is 16.7 Å². The summed E-state index contributed by atoms with van der Waals surface area (Å²) in [4.78, 5) is 0. The summed E-state index contributed by atoms with van der Waals surface area (Å²) in [6.45, 7) is 12.8. The van der Waals surface area contributed by atoms with Crippen LogP contribution in [0.1, 0.15) is 40.5 Å². The minimum Gasteiger partial charge on any atom is -0.111 e. The fraction of sp³-hybridized carbons (Fsp3) is 0.389. The van der Waals surface area contributed by atoms with Crippen LogP contribution < -0.4 is 0 Å². The molecular formula is C18H22. The van der Waals surface area contributed by atoms with Gasteiger partial charge in [-0.15, -0.1) is 5.73 Å². The zero-order valence-corrected chi connectivity index (χ0v) is 11.9. The molecule has 0 atom stereocenters. The molecule has 0 nitrogen and oxygen atoms in total. The van der Waals surface area contributed by atoms with E-state index in [0.29, 0.717) is 0 Å². The van der Waals surface area contributed by atoms with Crippen LogP contribution in [-0.4, -0.2) is 0 Å². The molecule has 1 rings (SSSR count). The summed E-state index contributed by atoms with van der Waals surface area (Å²) < 4.78 is 0. The standard InChI is InChI=1S/C18H22/c1-6-17(18(4,5)7-2)14-16-13-11-9-8-10-12-15(16)3/h6,9,13-14H,1,7,12H2,2-5H3. The lowest BCUT2D eigenvalue weighted by molar-refractivity contribution is 0.440. The van der Waals surface area contributed by atoms with Gasteiger partial charge in [-0.05, 0) is 36.0 Å². The molecule has 0 unspecified atom stereocenters. The average molecular weight is 238 g/mol. The molecule has 0 aromatic heterocycles. The van der Waals surface area contributed by atoms with Crippen LogP contribution in [0.25, 0.3) is 0 Å². The van der Waals surface area contributed by atoms with Gasteiger partial charge >= 0.3 is 0 Å². The Hall–Kier alpha value is -1.70. The van der Waals surface area contributed by atoms with Crippen molar-refractivity contribution in [3.8, 4) is 11.8 Å². The van der Waals surface area contributed by atoms with E-state index in [0.717, 1.165) is 12.8 Å². The van der Waals surface area contributed by atoms with Gasteiger partial charge in [0.15, 0.2) is 0 Å². The van der Waals surface area contributed by atoms with Crippen LogP contribution >= 0.6 is 0 Å². The van der Waals surface area contributed by atoms with Crippen molar-refractivity contribution in [1.29, 1.82) is 0 Å². The van der Waals surface area contributed by atoms with Gasteiger partial charge in [0.1, 0.15) is 0 Å². The number of hydrogen-bond acceptors (Lipinski definition) is 0. The number of allylic oxidation sites excluding steroid dienone is 6. The maximum absolute atomic E-state index is 3.95. The summed E-state index contributed by atoms with van der Waals surface area (Å²) in [5, 5.41) is 0. The molecule has 0 saturated carbocycles. The van der Waals surface area contributed by atoms with Crippen LogP contribution in [-0.2, 0) is 0 Å². The Labute approximate surface area is 111 Å². The summed E-state index contributed by atoms with van der Waals surface area (Å²) in [7, 11) is 0. The van der Waals surface area contributed by atoms with Crippen molar-refractivity contribution < 1.29 is 0 Å². The fourth-order valence-electron chi connectivity index (χ4n) is 1.70. The van der Waals surface area contributed by atoms with Crippen molar-refractivity contribution in [1.82, 2.24) is 0 Å². The summed E-state index contributed by atoms with van der Waals surface area (Å²) in [5.41, 5.74) is 7.02. The van der Waals surface area contributed by atoms with Crippen molar-refractivity contribution >= 4 is 0 Å². The molecule has 0 heterocycles. The SMILES string of the molecule is C=CC(=CC1=C(C)CC#CC=C=C1)C(C)(C)CC. The Bertz CT molecular complexity index is 504. The minimum absolute atomic E-state index is 0.153. The van der Waals surface area contributed by atoms with Gasteiger partial charge in [0, 0.05) is 12.5 Å². The molecule has 18 heavy (non-hydrogen) atoms. The zero-order chi connectivity index (χ0) is 13.6. The van der Waals surface area contributed by atoms with Crippen LogP contribution in [0.15, 0.2) is 53.3 Å². The van der Waals surface area contributed by atoms with Gasteiger partial charge in [0.25, 0.3) is 0 Å². The third-order valence-electron chi connectivity index (χ3n) is 3.54. The molecule has 0 fully saturated rings. The van der Waals surface area contributed by atoms with E-state index in [4.69, 9.17) is 0 Å². The highest BCUT2D eigenvalue weighted by atomic mass is 14.2. The van der Waals surface area contributed by atoms with Gasteiger partial charge < -0.3 is 0 Å². The smallest absolute Gasteiger partial charge is 0.0309 e. The average Bonchev–Trinajstić information content (AvgIpc) is 2.33. The van der Waals surface area contributed by atoms with Gasteiger partial charge in [-0.2, -0.15) is 0 Å². The molecular weight excluding hydrogens is 216 g/mol. The van der Waals surface area contributed by atoms with E-state index in [2.05, 4.69) is 57.9 Å². The highest BCUT2D eigenvalue weighted by Crippen LogP contribution is 2.32. The fourth-order valence-corrected chi connectivity index (χ4v) is 1.70. The first-order valence-electron chi connectivity index (χ1n) is 6.45. The van der Waals surface area contributed by atoms with Crippen molar-refractivity contribution in [2.45, 2.75) is 40.5 Å². The highest BCUT2D eigenvalue weighted by Gasteiger charge is 2.18. The second kappa shape index (κ2) is 6.29. The lowest BCUT2D eigenvalue weighted by Crippen LogP contribution is -2.12. The van der Waals surface area contributed by atoms with Gasteiger partial charge in [-0.25, -0.2) is 0 Å². The molecule has 0 aromatic rings. The summed E-state index contributed by atoms with van der Waals surface area (Å²) in [6.07, 6.45) is 9.89. The van der Waals surface area contributed by atoms with Crippen molar-refractivity contribution in [3.05, 3.63) is 53.3 Å². The van der Waals surface area contributed by atoms with Gasteiger partial charge in [-0.3, -0.25) is 0 Å². The molecule has 0 saturated heterocycles. The van der Waals surface area contributed by atoms with E-state index in [-0.39, 0.29) is 5.41 Å². The lowest BCUT2D eigenvalue weighted by Gasteiger charge is -2.24. The van der Waals surface area contributed by atoms with E-state index in [1.54, 1.807) is 6.08 Å². The Morgan fingerprint density at radius 1 is 1.50 bits per heavy atom. The second-order valence-corrected chi connectivity index (χ2v) is 5.23. The normalized spacial score (nSPS) is 15.9. The highest BCUT2D eigenvalue weighted by molar-refractivity contribution is 5.44. The minimum atomic E-state index is 0.153. The van der Waals surface area contributed by atoms with Crippen LogP contribution in [0.3, 0.4) is 0 Å². The summed E-state index contributed by atoms with van der Waals surface area (Å²) in [5.74, 6) is 6.06. The molecule has 0 amide bonds. The van der Waals surface area contributed by atoms with Crippen molar-refractivity contribution in [2.24, 2.45) is 5.41 Å². The molecule has 1 aliphatic rings. The zero-order valence-electron chi connectivity index (χ0n) is 11.9. The lowest BCUT2D eigenvalue weighted by atomic mass is 9.80. The monoisotopic (exact) mass is 238 g/mol. The molecule has 0 aromatic carbocycles. The summed E-state index contributed by atoms with van der Waals surface area (Å²) in [6, 6.07) is 0. The second-order valence-electron chi connectivity index (χ2n) is 5.23. The quantitative estimate of drug-likeness (QED) is 0.368. The number of hydrogen-bond donors (Lipinski definition) is 0. The first kappa shape index (κ1) is 14.4. The molecule has 0 heteroatoms. The third kappa shape index (κ3) is 3.66. The van der Waals surface area contributed by atoms with Gasteiger partial charge in [0.2, 0.25) is 0 Å². The maximum Gasteiger partial charge on any atom is 0.0309 e. The Balaban J connectivity index is 3.22. The van der Waals surface area contributed by atoms with E-state index >= 15 is 0 Å². The first-order valence-corrected chi connectivity index (χ1v) is 6.45. The Morgan fingerprint density at radius 2 is 2.22 bits per heavy atom. The largest absolute Gasteiger partial charge is 0.111 e. The van der Waals surface area contributed by atoms with Crippen LogP contribution in [0.2, 0.25) is 0 Å². The molecule has 94 valence electrons. The van der Waals surface area contributed by atoms with E-state index in [9.17, 15) is 0 Å². The molecule has 0 N–H and O–H groups in total. The molecule has 0 bridgehead atoms. The maximum atomic E-state index is 3.95. The van der Waals surface area contributed by atoms with E-state index in [1.807, 2.05) is 12.2 Å². The van der Waals surface area contributed by atoms with Crippen molar-refractivity contribution in [3.63, 3.8) is 0 Å². The first-order chi connectivity index (χ1) is 8.51. The molecule has 0 radical (unpaired) electrons. The topological polar surface area (TPSA) is 0 Å². The predicted molar refractivity (Wildman–Crippen MR) is 80.1 cm³/mol. The number of rotatable bonds is 4. The molecule has 0 spiro atoms. The molecule has 1 aliphatic carbocycles. The van der Waals surface area contributed by atoms with Crippen LogP contribution in [0.5, 0.6) is 0 Å². The Kier molecular flexibility index (Phi) is 5.02. The Morgan fingerprint density at radius 3 is 2.83 bits per heavy atom. The summed E-state index contributed by atoms with van der Waals surface area (Å²) >= 11 is 0. The van der Waals surface area contributed by atoms with Gasteiger partial charge in [0.05, 0.1) is 0 Å².